The average molecular weight is 232 g/mol. The maximum Gasteiger partial charge on any atom is 0.340 e. The maximum atomic E-state index is 11.3. The van der Waals surface area contributed by atoms with Gasteiger partial charge in [-0.15, -0.1) is 11.8 Å². The van der Waals surface area contributed by atoms with Crippen molar-refractivity contribution in [1.29, 1.82) is 0 Å². The van der Waals surface area contributed by atoms with Crippen molar-refractivity contribution in [1.82, 2.24) is 0 Å². The van der Waals surface area contributed by atoms with E-state index in [2.05, 4.69) is 4.74 Å². The zero-order chi connectivity index (χ0) is 10.7. The number of benzene rings is 1. The number of methoxy groups -OCH3 is 1. The highest BCUT2D eigenvalue weighted by Gasteiger charge is 2.13. The number of nitrogens with two attached hydrogens (primary N) is 1. The third-order valence-corrected chi connectivity index (χ3v) is 2.76. The highest BCUT2D eigenvalue weighted by atomic mass is 35.5. The van der Waals surface area contributed by atoms with Gasteiger partial charge in [-0.05, 0) is 18.4 Å². The van der Waals surface area contributed by atoms with Gasteiger partial charge in [0.1, 0.15) is 0 Å². The van der Waals surface area contributed by atoms with Gasteiger partial charge in [0.05, 0.1) is 23.4 Å². The largest absolute Gasteiger partial charge is 0.465 e. The Morgan fingerprint density at radius 2 is 2.21 bits per heavy atom. The summed E-state index contributed by atoms with van der Waals surface area (Å²) in [6, 6.07) is 3.38. The molecule has 0 heterocycles. The van der Waals surface area contributed by atoms with Crippen LogP contribution in [0.4, 0.5) is 5.69 Å². The summed E-state index contributed by atoms with van der Waals surface area (Å²) >= 11 is 7.34. The number of rotatable bonds is 2. The molecule has 76 valence electrons. The number of anilines is 1. The second kappa shape index (κ2) is 4.57. The second-order valence-corrected chi connectivity index (χ2v) is 3.85. The van der Waals surface area contributed by atoms with Gasteiger partial charge in [0.2, 0.25) is 0 Å². The third-order valence-electron chi connectivity index (χ3n) is 1.74. The first kappa shape index (κ1) is 11.2. The van der Waals surface area contributed by atoms with Crippen molar-refractivity contribution in [2.75, 3.05) is 19.1 Å². The Balaban J connectivity index is 3.27. The number of halogens is 1. The minimum Gasteiger partial charge on any atom is -0.465 e. The summed E-state index contributed by atoms with van der Waals surface area (Å²) in [6.45, 7) is 0. The third kappa shape index (κ3) is 2.13. The molecule has 14 heavy (non-hydrogen) atoms. The van der Waals surface area contributed by atoms with Crippen LogP contribution in [0, 0.1) is 0 Å². The molecule has 0 unspecified atom stereocenters. The normalized spacial score (nSPS) is 9.93. The number of esters is 1. The van der Waals surface area contributed by atoms with Gasteiger partial charge in [-0.2, -0.15) is 0 Å². The van der Waals surface area contributed by atoms with Crippen molar-refractivity contribution in [3.05, 3.63) is 22.7 Å². The summed E-state index contributed by atoms with van der Waals surface area (Å²) in [5, 5.41) is 0.372. The Bertz CT molecular complexity index is 368. The van der Waals surface area contributed by atoms with Gasteiger partial charge in [-0.1, -0.05) is 11.6 Å². The van der Waals surface area contributed by atoms with E-state index >= 15 is 0 Å². The van der Waals surface area contributed by atoms with Gasteiger partial charge >= 0.3 is 5.97 Å². The number of ether oxygens (including phenoxy) is 1. The van der Waals surface area contributed by atoms with Gasteiger partial charge < -0.3 is 10.5 Å². The van der Waals surface area contributed by atoms with Crippen molar-refractivity contribution in [2.45, 2.75) is 4.90 Å². The first-order valence-corrected chi connectivity index (χ1v) is 5.41. The van der Waals surface area contributed by atoms with Gasteiger partial charge in [0, 0.05) is 4.90 Å². The van der Waals surface area contributed by atoms with E-state index in [-0.39, 0.29) is 5.69 Å². The molecule has 1 aromatic carbocycles. The topological polar surface area (TPSA) is 52.3 Å². The van der Waals surface area contributed by atoms with Crippen molar-refractivity contribution in [3.8, 4) is 0 Å². The predicted molar refractivity (Wildman–Crippen MR) is 59.0 cm³/mol. The predicted octanol–water partition coefficient (Wildman–Crippen LogP) is 2.43. The fraction of sp³-hybridized carbons (Fsp3) is 0.222. The standard InChI is InChI=1S/C9H10ClNO2S/c1-13-9(12)6-3-5(14-2)4-7(10)8(6)11/h3-4H,11H2,1-2H3. The molecule has 0 fully saturated rings. The number of hydrogen-bond donors (Lipinski definition) is 1. The Hall–Kier alpha value is -0.870. The summed E-state index contributed by atoms with van der Waals surface area (Å²) < 4.78 is 4.58. The quantitative estimate of drug-likeness (QED) is 0.483. The van der Waals surface area contributed by atoms with Gasteiger partial charge in [0.25, 0.3) is 0 Å². The Labute approximate surface area is 91.6 Å². The lowest BCUT2D eigenvalue weighted by Gasteiger charge is -2.07. The SMILES string of the molecule is COC(=O)c1cc(SC)cc(Cl)c1N. The zero-order valence-electron chi connectivity index (χ0n) is 7.83. The lowest BCUT2D eigenvalue weighted by atomic mass is 10.2. The lowest BCUT2D eigenvalue weighted by Crippen LogP contribution is -2.06. The molecule has 3 nitrogen and oxygen atoms in total. The maximum absolute atomic E-state index is 11.3. The van der Waals surface area contributed by atoms with E-state index in [0.29, 0.717) is 10.6 Å². The van der Waals surface area contributed by atoms with Crippen molar-refractivity contribution in [2.24, 2.45) is 0 Å². The van der Waals surface area contributed by atoms with Crippen LogP contribution < -0.4 is 5.73 Å². The van der Waals surface area contributed by atoms with Crippen LogP contribution in [0.15, 0.2) is 17.0 Å². The van der Waals surface area contributed by atoms with Crippen LogP contribution in [0.5, 0.6) is 0 Å². The molecule has 0 radical (unpaired) electrons. The number of nitrogen functional groups attached to an aromatic ring is 1. The molecule has 0 aliphatic carbocycles. The zero-order valence-corrected chi connectivity index (χ0v) is 9.41. The highest BCUT2D eigenvalue weighted by Crippen LogP contribution is 2.29. The Morgan fingerprint density at radius 3 is 2.71 bits per heavy atom. The van der Waals surface area contributed by atoms with Crippen LogP contribution in [0.1, 0.15) is 10.4 Å². The van der Waals surface area contributed by atoms with Crippen LogP contribution in [-0.2, 0) is 4.74 Å². The molecule has 0 aliphatic heterocycles. The Morgan fingerprint density at radius 1 is 1.57 bits per heavy atom. The molecule has 0 saturated heterocycles. The van der Waals surface area contributed by atoms with E-state index < -0.39 is 5.97 Å². The lowest BCUT2D eigenvalue weighted by molar-refractivity contribution is 0.0601. The minimum absolute atomic E-state index is 0.260. The molecule has 0 spiro atoms. The molecule has 0 amide bonds. The molecule has 2 N–H and O–H groups in total. The summed E-state index contributed by atoms with van der Waals surface area (Å²) in [5.41, 5.74) is 6.21. The Kier molecular flexibility index (Phi) is 3.66. The summed E-state index contributed by atoms with van der Waals surface area (Å²) in [4.78, 5) is 12.2. The van der Waals surface area contributed by atoms with Crippen LogP contribution in [-0.4, -0.2) is 19.3 Å². The monoisotopic (exact) mass is 231 g/mol. The number of carbonyl (C=O) groups excluding carboxylic acids is 1. The van der Waals surface area contributed by atoms with E-state index in [4.69, 9.17) is 17.3 Å². The smallest absolute Gasteiger partial charge is 0.340 e. The van der Waals surface area contributed by atoms with E-state index in [0.717, 1.165) is 4.90 Å². The molecule has 0 aromatic heterocycles. The van der Waals surface area contributed by atoms with Crippen LogP contribution in [0.2, 0.25) is 5.02 Å². The van der Waals surface area contributed by atoms with E-state index in [1.165, 1.54) is 18.9 Å². The molecule has 0 saturated carbocycles. The number of hydrogen-bond acceptors (Lipinski definition) is 4. The van der Waals surface area contributed by atoms with Crippen molar-refractivity contribution in [3.63, 3.8) is 0 Å². The summed E-state index contributed by atoms with van der Waals surface area (Å²) in [5.74, 6) is -0.472. The van der Waals surface area contributed by atoms with Gasteiger partial charge in [-0.3, -0.25) is 0 Å². The molecular weight excluding hydrogens is 222 g/mol. The van der Waals surface area contributed by atoms with Crippen molar-refractivity contribution < 1.29 is 9.53 Å². The molecule has 0 aliphatic rings. The fourth-order valence-corrected chi connectivity index (χ4v) is 1.75. The molecular formula is C9H10ClNO2S. The summed E-state index contributed by atoms with van der Waals surface area (Å²) in [6.07, 6.45) is 1.89. The minimum atomic E-state index is -0.472. The highest BCUT2D eigenvalue weighted by molar-refractivity contribution is 7.98. The number of carbonyl (C=O) groups is 1. The molecule has 1 aromatic rings. The van der Waals surface area contributed by atoms with Crippen molar-refractivity contribution >= 4 is 35.0 Å². The molecule has 5 heteroatoms. The second-order valence-electron chi connectivity index (χ2n) is 2.56. The van der Waals surface area contributed by atoms with Gasteiger partial charge in [-0.25, -0.2) is 4.79 Å². The summed E-state index contributed by atoms with van der Waals surface area (Å²) in [7, 11) is 1.31. The molecule has 0 atom stereocenters. The van der Waals surface area contributed by atoms with E-state index in [9.17, 15) is 4.79 Å². The van der Waals surface area contributed by atoms with Crippen LogP contribution in [0.25, 0.3) is 0 Å². The first-order valence-electron chi connectivity index (χ1n) is 3.81. The average Bonchev–Trinajstić information content (AvgIpc) is 2.20. The number of thioether (sulfide) groups is 1. The molecule has 0 bridgehead atoms. The van der Waals surface area contributed by atoms with Crippen LogP contribution >= 0.6 is 23.4 Å². The van der Waals surface area contributed by atoms with E-state index in [1.54, 1.807) is 12.1 Å². The first-order chi connectivity index (χ1) is 6.60. The molecule has 1 rings (SSSR count). The van der Waals surface area contributed by atoms with Gasteiger partial charge in [0.15, 0.2) is 0 Å². The fourth-order valence-electron chi connectivity index (χ4n) is 0.990. The van der Waals surface area contributed by atoms with E-state index in [1.807, 2.05) is 6.26 Å². The van der Waals surface area contributed by atoms with Crippen LogP contribution in [0.3, 0.4) is 0 Å².